The van der Waals surface area contributed by atoms with Crippen molar-refractivity contribution >= 4 is 27.5 Å². The Hall–Kier alpha value is -5.72. The first-order chi connectivity index (χ1) is 24.5. The van der Waals surface area contributed by atoms with Crippen LogP contribution in [-0.2, 0) is 0 Å². The van der Waals surface area contributed by atoms with E-state index in [1.54, 1.807) is 6.08 Å². The van der Waals surface area contributed by atoms with Crippen molar-refractivity contribution in [3.63, 3.8) is 0 Å². The molecule has 4 aromatic rings. The molecule has 1 aliphatic rings. The molecule has 0 aliphatic heterocycles. The highest BCUT2D eigenvalue weighted by Gasteiger charge is 2.20. The maximum Gasteiger partial charge on any atom is 0.00730 e. The highest BCUT2D eigenvalue weighted by atomic mass is 14.2. The lowest BCUT2D eigenvalue weighted by molar-refractivity contribution is 0.920. The Balaban J connectivity index is 1.46. The first-order valence-corrected chi connectivity index (χ1v) is 17.6. The zero-order valence-electron chi connectivity index (χ0n) is 29.9. The highest BCUT2D eigenvalue weighted by molar-refractivity contribution is 5.89. The smallest absolute Gasteiger partial charge is 0.00730 e. The van der Waals surface area contributed by atoms with Gasteiger partial charge in [-0.1, -0.05) is 201 Å². The first-order valence-electron chi connectivity index (χ1n) is 17.6. The standard InChI is InChI=1S/C50H48/c1-6-9-11-12-13-14-15-20-40(8-3)42-26-31-44(32-27-42)48-24-18-19-38(4)25-36-50(49(39(48)5)23-10-7-2)45-33-28-43(29-34-45)47-35-30-41-21-16-17-22-46(41)37-47/h6-13,15-37,39H,1,14H2,2-5H3/b10-7+,11-9-,13-12-,19-18-,20-15-,38-25-,40-8+,48-24-,49-23+,50-36+. The molecule has 4 aromatic carbocycles. The van der Waals surface area contributed by atoms with Gasteiger partial charge in [0.05, 0.1) is 0 Å². The molecule has 0 heteroatoms. The summed E-state index contributed by atoms with van der Waals surface area (Å²) in [7, 11) is 0. The van der Waals surface area contributed by atoms with E-state index in [9.17, 15) is 0 Å². The van der Waals surface area contributed by atoms with Crippen molar-refractivity contribution in [3.05, 3.63) is 223 Å². The second-order valence-electron chi connectivity index (χ2n) is 12.5. The molecule has 0 saturated heterocycles. The molecule has 0 bridgehead atoms. The molecule has 5 rings (SSSR count). The van der Waals surface area contributed by atoms with Crippen LogP contribution in [0.25, 0.3) is 38.6 Å². The average Bonchev–Trinajstić information content (AvgIpc) is 3.15. The summed E-state index contributed by atoms with van der Waals surface area (Å²) < 4.78 is 0. The summed E-state index contributed by atoms with van der Waals surface area (Å²) in [5.74, 6) is 0.142. The molecular weight excluding hydrogens is 601 g/mol. The number of allylic oxidation sites excluding steroid dienone is 21. The Morgan fingerprint density at radius 3 is 2.16 bits per heavy atom. The number of benzene rings is 4. The number of hydrogen-bond acceptors (Lipinski definition) is 0. The van der Waals surface area contributed by atoms with Crippen LogP contribution in [0.3, 0.4) is 0 Å². The Morgan fingerprint density at radius 2 is 1.42 bits per heavy atom. The van der Waals surface area contributed by atoms with Crippen LogP contribution >= 0.6 is 0 Å². The second kappa shape index (κ2) is 18.2. The Labute approximate surface area is 300 Å². The molecule has 1 atom stereocenters. The van der Waals surface area contributed by atoms with E-state index in [4.69, 9.17) is 0 Å². The summed E-state index contributed by atoms with van der Waals surface area (Å²) in [4.78, 5) is 0. The van der Waals surface area contributed by atoms with E-state index in [-0.39, 0.29) is 5.92 Å². The summed E-state index contributed by atoms with van der Waals surface area (Å²) in [5, 5.41) is 2.52. The monoisotopic (exact) mass is 648 g/mol. The Bertz CT molecular complexity index is 2090. The zero-order valence-corrected chi connectivity index (χ0v) is 29.9. The minimum Gasteiger partial charge on any atom is -0.0991 e. The molecule has 0 nitrogen and oxygen atoms in total. The third-order valence-corrected chi connectivity index (χ3v) is 9.07. The zero-order chi connectivity index (χ0) is 35.1. The molecular formula is C50H48. The van der Waals surface area contributed by atoms with Gasteiger partial charge in [-0.3, -0.25) is 0 Å². The van der Waals surface area contributed by atoms with Gasteiger partial charge in [-0.15, -0.1) is 0 Å². The van der Waals surface area contributed by atoms with Crippen molar-refractivity contribution in [1.29, 1.82) is 0 Å². The van der Waals surface area contributed by atoms with Gasteiger partial charge in [0.25, 0.3) is 0 Å². The van der Waals surface area contributed by atoms with Gasteiger partial charge in [0.2, 0.25) is 0 Å². The Kier molecular flexibility index (Phi) is 12.9. The van der Waals surface area contributed by atoms with E-state index in [1.165, 1.54) is 66.5 Å². The van der Waals surface area contributed by atoms with Gasteiger partial charge in [0.15, 0.2) is 0 Å². The summed E-state index contributed by atoms with van der Waals surface area (Å²) >= 11 is 0. The van der Waals surface area contributed by atoms with Gasteiger partial charge in [-0.05, 0) is 94.1 Å². The van der Waals surface area contributed by atoms with Gasteiger partial charge in [-0.25, -0.2) is 0 Å². The summed E-state index contributed by atoms with van der Waals surface area (Å²) in [6.45, 7) is 12.4. The van der Waals surface area contributed by atoms with Crippen molar-refractivity contribution in [2.24, 2.45) is 5.92 Å². The van der Waals surface area contributed by atoms with Crippen LogP contribution in [0, 0.1) is 5.92 Å². The molecule has 50 heavy (non-hydrogen) atoms. The van der Waals surface area contributed by atoms with E-state index in [0.29, 0.717) is 0 Å². The van der Waals surface area contributed by atoms with Crippen LogP contribution < -0.4 is 0 Å². The predicted octanol–water partition coefficient (Wildman–Crippen LogP) is 14.3. The van der Waals surface area contributed by atoms with Crippen LogP contribution in [0.4, 0.5) is 0 Å². The molecule has 248 valence electrons. The molecule has 0 N–H and O–H groups in total. The third kappa shape index (κ3) is 9.24. The van der Waals surface area contributed by atoms with E-state index in [2.05, 4.69) is 204 Å². The predicted molar refractivity (Wildman–Crippen MR) is 223 cm³/mol. The number of hydrogen-bond donors (Lipinski definition) is 0. The molecule has 0 saturated carbocycles. The summed E-state index contributed by atoms with van der Waals surface area (Å²) in [5.41, 5.74) is 12.3. The average molecular weight is 649 g/mol. The van der Waals surface area contributed by atoms with Crippen molar-refractivity contribution in [1.82, 2.24) is 0 Å². The maximum absolute atomic E-state index is 3.71. The van der Waals surface area contributed by atoms with Crippen LogP contribution in [0.1, 0.15) is 50.8 Å². The number of fused-ring (bicyclic) bond motifs is 1. The largest absolute Gasteiger partial charge is 0.0991 e. The van der Waals surface area contributed by atoms with Crippen LogP contribution in [0.2, 0.25) is 0 Å². The van der Waals surface area contributed by atoms with E-state index < -0.39 is 0 Å². The maximum atomic E-state index is 3.71. The third-order valence-electron chi connectivity index (χ3n) is 9.07. The van der Waals surface area contributed by atoms with E-state index in [1.807, 2.05) is 12.2 Å². The molecule has 1 aliphatic carbocycles. The van der Waals surface area contributed by atoms with Gasteiger partial charge in [0.1, 0.15) is 0 Å². The lowest BCUT2D eigenvalue weighted by Crippen LogP contribution is -2.06. The molecule has 0 amide bonds. The Morgan fingerprint density at radius 1 is 0.700 bits per heavy atom. The molecule has 0 radical (unpaired) electrons. The molecule has 1 unspecified atom stereocenters. The second-order valence-corrected chi connectivity index (χ2v) is 12.5. The van der Waals surface area contributed by atoms with Crippen molar-refractivity contribution < 1.29 is 0 Å². The fourth-order valence-electron chi connectivity index (χ4n) is 6.26. The van der Waals surface area contributed by atoms with Crippen LogP contribution in [-0.4, -0.2) is 0 Å². The van der Waals surface area contributed by atoms with Crippen molar-refractivity contribution in [2.75, 3.05) is 0 Å². The fourth-order valence-corrected chi connectivity index (χ4v) is 6.26. The highest BCUT2D eigenvalue weighted by Crippen LogP contribution is 2.39. The topological polar surface area (TPSA) is 0 Å². The summed E-state index contributed by atoms with van der Waals surface area (Å²) in [6.07, 6.45) is 35.1. The number of rotatable bonds is 10. The van der Waals surface area contributed by atoms with Gasteiger partial charge < -0.3 is 0 Å². The molecule has 0 fully saturated rings. The quantitative estimate of drug-likeness (QED) is 0.150. The van der Waals surface area contributed by atoms with Crippen LogP contribution in [0.5, 0.6) is 0 Å². The van der Waals surface area contributed by atoms with Crippen LogP contribution in [0.15, 0.2) is 206 Å². The van der Waals surface area contributed by atoms with Gasteiger partial charge in [-0.2, -0.15) is 0 Å². The normalized spacial score (nSPS) is 20.6. The molecule has 0 heterocycles. The minimum atomic E-state index is 0.142. The van der Waals surface area contributed by atoms with Crippen molar-refractivity contribution in [3.8, 4) is 11.1 Å². The fraction of sp³-hybridized carbons (Fsp3) is 0.120. The summed E-state index contributed by atoms with van der Waals surface area (Å²) in [6, 6.07) is 33.3. The van der Waals surface area contributed by atoms with Gasteiger partial charge in [0, 0.05) is 5.92 Å². The molecule has 0 aromatic heterocycles. The first kappa shape index (κ1) is 35.6. The van der Waals surface area contributed by atoms with E-state index in [0.717, 1.165) is 6.42 Å². The molecule has 0 spiro atoms. The minimum absolute atomic E-state index is 0.142. The van der Waals surface area contributed by atoms with E-state index >= 15 is 0 Å². The SMILES string of the molecule is C=C/C=C\C=C/C/C=C\C(=C/C)c1ccc(\C2=C/C=C\C(C)=C/C=C(c3ccc(-c4ccc5ccccc5c4)cc3)/C(=C/C=C/C)C2C)cc1. The van der Waals surface area contributed by atoms with Crippen molar-refractivity contribution in [2.45, 2.75) is 34.1 Å². The lowest BCUT2D eigenvalue weighted by atomic mass is 9.80. The lowest BCUT2D eigenvalue weighted by Gasteiger charge is -2.24. The van der Waals surface area contributed by atoms with Gasteiger partial charge >= 0.3 is 0 Å².